The SMILES string of the molecule is ClCc1csc(-c2ccccc2C2CC2)n1. The zero-order valence-electron chi connectivity index (χ0n) is 8.82. The zero-order chi connectivity index (χ0) is 11.0. The van der Waals surface area contributed by atoms with Crippen LogP contribution in [0.25, 0.3) is 10.6 Å². The lowest BCUT2D eigenvalue weighted by Crippen LogP contribution is -1.86. The molecule has 0 atom stereocenters. The van der Waals surface area contributed by atoms with Gasteiger partial charge in [0, 0.05) is 10.9 Å². The highest BCUT2D eigenvalue weighted by atomic mass is 35.5. The first-order chi connectivity index (χ1) is 7.88. The maximum absolute atomic E-state index is 5.79. The van der Waals surface area contributed by atoms with Gasteiger partial charge in [0.1, 0.15) is 5.01 Å². The molecular weight excluding hydrogens is 238 g/mol. The van der Waals surface area contributed by atoms with Crippen LogP contribution in [0.15, 0.2) is 29.6 Å². The second-order valence-electron chi connectivity index (χ2n) is 4.14. The van der Waals surface area contributed by atoms with Crippen LogP contribution in [0.5, 0.6) is 0 Å². The zero-order valence-corrected chi connectivity index (χ0v) is 10.4. The van der Waals surface area contributed by atoms with Crippen LogP contribution < -0.4 is 0 Å². The number of hydrogen-bond acceptors (Lipinski definition) is 2. The summed E-state index contributed by atoms with van der Waals surface area (Å²) >= 11 is 7.48. The third-order valence-corrected chi connectivity index (χ3v) is 4.10. The van der Waals surface area contributed by atoms with Gasteiger partial charge in [-0.2, -0.15) is 0 Å². The van der Waals surface area contributed by atoms with E-state index in [1.165, 1.54) is 24.0 Å². The van der Waals surface area contributed by atoms with Crippen molar-refractivity contribution in [2.75, 3.05) is 0 Å². The Kier molecular flexibility index (Phi) is 2.70. The molecule has 1 nitrogen and oxygen atoms in total. The average Bonchev–Trinajstić information content (AvgIpc) is 3.07. The van der Waals surface area contributed by atoms with Crippen molar-refractivity contribution in [3.63, 3.8) is 0 Å². The average molecular weight is 250 g/mol. The molecule has 0 unspecified atom stereocenters. The van der Waals surface area contributed by atoms with E-state index in [0.717, 1.165) is 16.6 Å². The monoisotopic (exact) mass is 249 g/mol. The molecule has 1 saturated carbocycles. The molecule has 0 amide bonds. The number of benzene rings is 1. The van der Waals surface area contributed by atoms with Crippen LogP contribution in [0.4, 0.5) is 0 Å². The number of alkyl halides is 1. The van der Waals surface area contributed by atoms with E-state index in [0.29, 0.717) is 5.88 Å². The molecule has 0 aliphatic heterocycles. The molecule has 0 bridgehead atoms. The fourth-order valence-electron chi connectivity index (χ4n) is 1.93. The predicted molar refractivity (Wildman–Crippen MR) is 69.1 cm³/mol. The summed E-state index contributed by atoms with van der Waals surface area (Å²) in [4.78, 5) is 4.56. The van der Waals surface area contributed by atoms with Crippen LogP contribution in [0.1, 0.15) is 30.0 Å². The Bertz CT molecular complexity index is 502. The topological polar surface area (TPSA) is 12.9 Å². The summed E-state index contributed by atoms with van der Waals surface area (Å²) in [6, 6.07) is 8.61. The minimum absolute atomic E-state index is 0.502. The molecule has 0 radical (unpaired) electrons. The Morgan fingerprint density at radius 3 is 2.81 bits per heavy atom. The van der Waals surface area contributed by atoms with Gasteiger partial charge in [-0.15, -0.1) is 22.9 Å². The maximum atomic E-state index is 5.79. The highest BCUT2D eigenvalue weighted by molar-refractivity contribution is 7.13. The molecule has 1 aromatic heterocycles. The number of halogens is 1. The normalized spacial score (nSPS) is 15.3. The van der Waals surface area contributed by atoms with E-state index in [-0.39, 0.29) is 0 Å². The van der Waals surface area contributed by atoms with E-state index in [2.05, 4.69) is 29.2 Å². The van der Waals surface area contributed by atoms with Gasteiger partial charge in [0.25, 0.3) is 0 Å². The van der Waals surface area contributed by atoms with Gasteiger partial charge in [-0.05, 0) is 24.3 Å². The van der Waals surface area contributed by atoms with Gasteiger partial charge < -0.3 is 0 Å². The Morgan fingerprint density at radius 1 is 1.31 bits per heavy atom. The molecule has 0 spiro atoms. The van der Waals surface area contributed by atoms with Gasteiger partial charge in [-0.25, -0.2) is 4.98 Å². The van der Waals surface area contributed by atoms with Crippen molar-refractivity contribution < 1.29 is 0 Å². The van der Waals surface area contributed by atoms with Crippen molar-refractivity contribution >= 4 is 22.9 Å². The Labute approximate surface area is 104 Å². The summed E-state index contributed by atoms with van der Waals surface area (Å²) in [7, 11) is 0. The molecular formula is C13H12ClNS. The van der Waals surface area contributed by atoms with Crippen LogP contribution in [0.3, 0.4) is 0 Å². The number of nitrogens with zero attached hydrogens (tertiary/aromatic N) is 1. The second kappa shape index (κ2) is 4.19. The van der Waals surface area contributed by atoms with E-state index in [1.54, 1.807) is 11.3 Å². The maximum Gasteiger partial charge on any atom is 0.123 e. The molecule has 1 heterocycles. The van der Waals surface area contributed by atoms with Crippen LogP contribution in [-0.2, 0) is 5.88 Å². The fourth-order valence-corrected chi connectivity index (χ4v) is 3.03. The van der Waals surface area contributed by atoms with Crippen LogP contribution in [0, 0.1) is 0 Å². The summed E-state index contributed by atoms with van der Waals surface area (Å²) in [5.74, 6) is 1.27. The molecule has 0 saturated heterocycles. The molecule has 16 heavy (non-hydrogen) atoms. The first-order valence-corrected chi connectivity index (χ1v) is 6.89. The molecule has 1 aliphatic rings. The second-order valence-corrected chi connectivity index (χ2v) is 5.26. The van der Waals surface area contributed by atoms with Crippen LogP contribution >= 0.6 is 22.9 Å². The van der Waals surface area contributed by atoms with Crippen molar-refractivity contribution in [2.45, 2.75) is 24.6 Å². The molecule has 1 aliphatic carbocycles. The summed E-state index contributed by atoms with van der Waals surface area (Å²) in [6.07, 6.45) is 2.65. The Morgan fingerprint density at radius 2 is 2.12 bits per heavy atom. The predicted octanol–water partition coefficient (Wildman–Crippen LogP) is 4.43. The van der Waals surface area contributed by atoms with Crippen LogP contribution in [-0.4, -0.2) is 4.98 Å². The molecule has 0 N–H and O–H groups in total. The Hall–Kier alpha value is -0.860. The smallest absolute Gasteiger partial charge is 0.123 e. The minimum atomic E-state index is 0.502. The van der Waals surface area contributed by atoms with Gasteiger partial charge in [0.15, 0.2) is 0 Å². The van der Waals surface area contributed by atoms with E-state index in [1.807, 2.05) is 5.38 Å². The van der Waals surface area contributed by atoms with E-state index in [4.69, 9.17) is 11.6 Å². The largest absolute Gasteiger partial charge is 0.240 e. The highest BCUT2D eigenvalue weighted by Crippen LogP contribution is 2.44. The van der Waals surface area contributed by atoms with E-state index >= 15 is 0 Å². The van der Waals surface area contributed by atoms with Crippen LogP contribution in [0.2, 0.25) is 0 Å². The summed E-state index contributed by atoms with van der Waals surface area (Å²) in [5, 5.41) is 3.16. The van der Waals surface area contributed by atoms with Gasteiger partial charge in [-0.1, -0.05) is 24.3 Å². The summed E-state index contributed by atoms with van der Waals surface area (Å²) < 4.78 is 0. The van der Waals surface area contributed by atoms with Gasteiger partial charge in [0.2, 0.25) is 0 Å². The minimum Gasteiger partial charge on any atom is -0.240 e. The third-order valence-electron chi connectivity index (χ3n) is 2.90. The van der Waals surface area contributed by atoms with Crippen molar-refractivity contribution in [3.05, 3.63) is 40.9 Å². The van der Waals surface area contributed by atoms with Gasteiger partial charge >= 0.3 is 0 Å². The molecule has 1 fully saturated rings. The third kappa shape index (κ3) is 1.87. The van der Waals surface area contributed by atoms with Crippen molar-refractivity contribution in [3.8, 4) is 10.6 Å². The molecule has 3 heteroatoms. The molecule has 1 aromatic carbocycles. The highest BCUT2D eigenvalue weighted by Gasteiger charge is 2.26. The standard InChI is InChI=1S/C13H12ClNS/c14-7-10-8-16-13(15-10)12-4-2-1-3-11(12)9-5-6-9/h1-4,8-9H,5-7H2. The van der Waals surface area contributed by atoms with Gasteiger partial charge in [-0.3, -0.25) is 0 Å². The Balaban J connectivity index is 2.04. The first kappa shape index (κ1) is 10.3. The first-order valence-electron chi connectivity index (χ1n) is 5.48. The number of thiazole rings is 1. The number of aromatic nitrogens is 1. The lowest BCUT2D eigenvalue weighted by Gasteiger charge is -2.04. The van der Waals surface area contributed by atoms with Crippen molar-refractivity contribution in [1.82, 2.24) is 4.98 Å². The van der Waals surface area contributed by atoms with Gasteiger partial charge in [0.05, 0.1) is 11.6 Å². The number of hydrogen-bond donors (Lipinski definition) is 0. The fraction of sp³-hybridized carbons (Fsp3) is 0.308. The number of rotatable bonds is 3. The lowest BCUT2D eigenvalue weighted by molar-refractivity contribution is 1.13. The molecule has 2 aromatic rings. The quantitative estimate of drug-likeness (QED) is 0.734. The lowest BCUT2D eigenvalue weighted by atomic mass is 10.0. The van der Waals surface area contributed by atoms with E-state index < -0.39 is 0 Å². The summed E-state index contributed by atoms with van der Waals surface area (Å²) in [6.45, 7) is 0. The van der Waals surface area contributed by atoms with Crippen molar-refractivity contribution in [2.24, 2.45) is 0 Å². The molecule has 3 rings (SSSR count). The van der Waals surface area contributed by atoms with E-state index in [9.17, 15) is 0 Å². The summed E-state index contributed by atoms with van der Waals surface area (Å²) in [5.41, 5.74) is 3.73. The van der Waals surface area contributed by atoms with Crippen molar-refractivity contribution in [1.29, 1.82) is 0 Å². The molecule has 82 valence electrons.